The Morgan fingerprint density at radius 1 is 1.39 bits per heavy atom. The molecule has 2 rings (SSSR count). The highest BCUT2D eigenvalue weighted by Gasteiger charge is 2.12. The molecule has 0 aliphatic carbocycles. The minimum atomic E-state index is 0.354. The highest BCUT2D eigenvalue weighted by molar-refractivity contribution is 5.66. The van der Waals surface area contributed by atoms with Crippen LogP contribution in [0.15, 0.2) is 23.2 Å². The van der Waals surface area contributed by atoms with Crippen molar-refractivity contribution in [1.82, 2.24) is 5.32 Å². The minimum absolute atomic E-state index is 0.354. The maximum absolute atomic E-state index is 10.1. The van der Waals surface area contributed by atoms with Crippen molar-refractivity contribution in [2.75, 3.05) is 20.3 Å². The molecule has 0 bridgehead atoms. The Hall–Kier alpha value is -1.39. The van der Waals surface area contributed by atoms with Gasteiger partial charge in [-0.25, -0.2) is 0 Å². The summed E-state index contributed by atoms with van der Waals surface area (Å²) >= 11 is 0. The molecule has 0 spiro atoms. The van der Waals surface area contributed by atoms with E-state index in [1.165, 1.54) is 19.3 Å². The fourth-order valence-electron chi connectivity index (χ4n) is 2.95. The van der Waals surface area contributed by atoms with Gasteiger partial charge in [0.05, 0.1) is 5.69 Å². The van der Waals surface area contributed by atoms with Gasteiger partial charge in [0.25, 0.3) is 0 Å². The molecule has 1 aromatic carbocycles. The Balaban J connectivity index is 1.90. The average molecular weight is 318 g/mol. The fourth-order valence-corrected chi connectivity index (χ4v) is 2.95. The third-order valence-electron chi connectivity index (χ3n) is 4.72. The number of nitrogens with one attached hydrogen (secondary N) is 1. The fraction of sp³-hybridized carbons (Fsp3) is 0.632. The first-order valence-corrected chi connectivity index (χ1v) is 8.79. The van der Waals surface area contributed by atoms with Crippen LogP contribution >= 0.6 is 0 Å². The molecule has 1 unspecified atom stereocenters. The van der Waals surface area contributed by atoms with Crippen LogP contribution in [0.25, 0.3) is 0 Å². The van der Waals surface area contributed by atoms with Gasteiger partial charge in [-0.3, -0.25) is 4.99 Å². The summed E-state index contributed by atoms with van der Waals surface area (Å²) < 4.78 is 5.39. The van der Waals surface area contributed by atoms with E-state index in [-0.39, 0.29) is 0 Å². The SMILES string of the molecule is CNC(C)CCc1c(O)cccc1N=CCCC1CCOCC1. The molecule has 1 heterocycles. The smallest absolute Gasteiger partial charge is 0.120 e. The normalized spacial score (nSPS) is 17.7. The Kier molecular flexibility index (Phi) is 7.56. The molecule has 0 saturated carbocycles. The number of hydrogen-bond acceptors (Lipinski definition) is 4. The van der Waals surface area contributed by atoms with Crippen molar-refractivity contribution in [3.05, 3.63) is 23.8 Å². The monoisotopic (exact) mass is 318 g/mol. The van der Waals surface area contributed by atoms with Gasteiger partial charge in [-0.1, -0.05) is 6.07 Å². The van der Waals surface area contributed by atoms with E-state index >= 15 is 0 Å². The molecular weight excluding hydrogens is 288 g/mol. The molecule has 1 saturated heterocycles. The summed E-state index contributed by atoms with van der Waals surface area (Å²) in [6, 6.07) is 6.04. The van der Waals surface area contributed by atoms with E-state index in [1.54, 1.807) is 6.07 Å². The van der Waals surface area contributed by atoms with E-state index in [2.05, 4.69) is 17.2 Å². The molecule has 4 heteroatoms. The van der Waals surface area contributed by atoms with Crippen LogP contribution in [0.2, 0.25) is 0 Å². The number of aromatic hydroxyl groups is 1. The molecule has 0 amide bonds. The van der Waals surface area contributed by atoms with Gasteiger partial charge in [-0.05, 0) is 70.5 Å². The van der Waals surface area contributed by atoms with E-state index in [0.717, 1.165) is 49.6 Å². The van der Waals surface area contributed by atoms with Crippen molar-refractivity contribution in [3.63, 3.8) is 0 Å². The van der Waals surface area contributed by atoms with E-state index in [9.17, 15) is 5.11 Å². The lowest BCUT2D eigenvalue weighted by Gasteiger charge is -2.20. The zero-order chi connectivity index (χ0) is 16.5. The first-order valence-electron chi connectivity index (χ1n) is 8.79. The lowest BCUT2D eigenvalue weighted by Crippen LogP contribution is -2.21. The number of aliphatic imine (C=N–C) groups is 1. The molecule has 1 aromatic rings. The number of nitrogens with zero attached hydrogens (tertiary/aromatic N) is 1. The lowest BCUT2D eigenvalue weighted by atomic mass is 9.95. The highest BCUT2D eigenvalue weighted by Crippen LogP contribution is 2.29. The van der Waals surface area contributed by atoms with Gasteiger partial charge in [-0.2, -0.15) is 0 Å². The van der Waals surface area contributed by atoms with Gasteiger partial charge in [-0.15, -0.1) is 0 Å². The Bertz CT molecular complexity index is 496. The van der Waals surface area contributed by atoms with Gasteiger partial charge < -0.3 is 15.2 Å². The van der Waals surface area contributed by atoms with Crippen LogP contribution in [-0.2, 0) is 11.2 Å². The van der Waals surface area contributed by atoms with E-state index < -0.39 is 0 Å². The molecular formula is C19H30N2O2. The highest BCUT2D eigenvalue weighted by atomic mass is 16.5. The second-order valence-corrected chi connectivity index (χ2v) is 6.45. The number of ether oxygens (including phenoxy) is 1. The molecule has 0 radical (unpaired) electrons. The molecule has 2 N–H and O–H groups in total. The first kappa shape index (κ1) is 18.0. The summed E-state index contributed by atoms with van der Waals surface area (Å²) in [6.45, 7) is 3.96. The third kappa shape index (κ3) is 5.96. The Morgan fingerprint density at radius 2 is 2.17 bits per heavy atom. The van der Waals surface area contributed by atoms with Gasteiger partial charge in [0.15, 0.2) is 0 Å². The van der Waals surface area contributed by atoms with E-state index in [0.29, 0.717) is 11.8 Å². The Labute approximate surface area is 140 Å². The van der Waals surface area contributed by atoms with Gasteiger partial charge in [0, 0.05) is 31.0 Å². The Morgan fingerprint density at radius 3 is 2.91 bits per heavy atom. The van der Waals surface area contributed by atoms with Gasteiger partial charge >= 0.3 is 0 Å². The van der Waals surface area contributed by atoms with E-state index in [1.807, 2.05) is 25.4 Å². The van der Waals surface area contributed by atoms with Crippen LogP contribution < -0.4 is 5.32 Å². The molecule has 4 nitrogen and oxygen atoms in total. The summed E-state index contributed by atoms with van der Waals surface area (Å²) in [5.41, 5.74) is 1.86. The van der Waals surface area contributed by atoms with E-state index in [4.69, 9.17) is 4.74 Å². The largest absolute Gasteiger partial charge is 0.508 e. The predicted molar refractivity (Wildman–Crippen MR) is 95.9 cm³/mol. The molecule has 1 aliphatic heterocycles. The summed E-state index contributed by atoms with van der Waals surface area (Å²) in [7, 11) is 1.96. The minimum Gasteiger partial charge on any atom is -0.508 e. The van der Waals surface area contributed by atoms with Crippen LogP contribution in [0.3, 0.4) is 0 Å². The van der Waals surface area contributed by atoms with Crippen molar-refractivity contribution in [2.45, 2.75) is 51.5 Å². The lowest BCUT2D eigenvalue weighted by molar-refractivity contribution is 0.0646. The van der Waals surface area contributed by atoms with Crippen molar-refractivity contribution in [3.8, 4) is 5.75 Å². The molecule has 1 fully saturated rings. The maximum atomic E-state index is 10.1. The van der Waals surface area contributed by atoms with Crippen LogP contribution in [0.4, 0.5) is 5.69 Å². The van der Waals surface area contributed by atoms with Gasteiger partial charge in [0.2, 0.25) is 0 Å². The number of hydrogen-bond donors (Lipinski definition) is 2. The zero-order valence-electron chi connectivity index (χ0n) is 14.4. The van der Waals surface area contributed by atoms with Crippen LogP contribution in [0.1, 0.15) is 44.6 Å². The topological polar surface area (TPSA) is 53.8 Å². The van der Waals surface area contributed by atoms with Crippen LogP contribution in [0.5, 0.6) is 5.75 Å². The van der Waals surface area contributed by atoms with Gasteiger partial charge in [0.1, 0.15) is 5.75 Å². The molecule has 0 aromatic heterocycles. The molecule has 128 valence electrons. The molecule has 1 atom stereocenters. The van der Waals surface area contributed by atoms with Crippen LogP contribution in [0, 0.1) is 5.92 Å². The summed E-state index contributed by atoms with van der Waals surface area (Å²) in [4.78, 5) is 4.62. The number of phenolic OH excluding ortho intramolecular Hbond substituents is 1. The maximum Gasteiger partial charge on any atom is 0.120 e. The summed E-state index contributed by atoms with van der Waals surface area (Å²) in [5.74, 6) is 1.13. The standard InChI is InChI=1S/C19H30N2O2/c1-15(20-2)8-9-17-18(6-3-7-19(17)22)21-12-4-5-16-10-13-23-14-11-16/h3,6-7,12,15-16,20,22H,4-5,8-11,13-14H2,1-2H3. The number of rotatable bonds is 8. The van der Waals surface area contributed by atoms with Crippen LogP contribution in [-0.4, -0.2) is 37.6 Å². The number of phenols is 1. The molecule has 1 aliphatic rings. The molecule has 23 heavy (non-hydrogen) atoms. The van der Waals surface area contributed by atoms with Crippen molar-refractivity contribution >= 4 is 11.9 Å². The summed E-state index contributed by atoms with van der Waals surface area (Å²) in [6.07, 6.45) is 8.35. The first-order chi connectivity index (χ1) is 11.2. The zero-order valence-corrected chi connectivity index (χ0v) is 14.4. The van der Waals surface area contributed by atoms with Crippen molar-refractivity contribution in [2.24, 2.45) is 10.9 Å². The van der Waals surface area contributed by atoms with Crippen molar-refractivity contribution < 1.29 is 9.84 Å². The predicted octanol–water partition coefficient (Wildman–Crippen LogP) is 3.84. The van der Waals surface area contributed by atoms with Crippen molar-refractivity contribution in [1.29, 1.82) is 0 Å². The third-order valence-corrected chi connectivity index (χ3v) is 4.72. The number of benzene rings is 1. The second kappa shape index (κ2) is 9.68. The quantitative estimate of drug-likeness (QED) is 0.716. The second-order valence-electron chi connectivity index (χ2n) is 6.45. The average Bonchev–Trinajstić information content (AvgIpc) is 2.58. The summed E-state index contributed by atoms with van der Waals surface area (Å²) in [5, 5.41) is 13.4.